The molecule has 1 saturated carbocycles. The molecule has 0 unspecified atom stereocenters. The molecule has 2 heteroatoms. The van der Waals surface area contributed by atoms with Gasteiger partial charge in [-0.2, -0.15) is 0 Å². The van der Waals surface area contributed by atoms with E-state index in [1.807, 2.05) is 0 Å². The summed E-state index contributed by atoms with van der Waals surface area (Å²) in [7, 11) is 0. The van der Waals surface area contributed by atoms with Crippen molar-refractivity contribution in [1.82, 2.24) is 0 Å². The van der Waals surface area contributed by atoms with Crippen LogP contribution in [0.4, 0.5) is 0 Å². The fourth-order valence-corrected chi connectivity index (χ4v) is 5.47. The second kappa shape index (κ2) is 3.21. The first kappa shape index (κ1) is 8.31. The largest absolute Gasteiger partial charge is 0.143 e. The fraction of sp³-hybridized carbons (Fsp3) is 1.00. The molecule has 1 saturated heterocycles. The molecule has 0 radical (unpaired) electrons. The van der Waals surface area contributed by atoms with Crippen molar-refractivity contribution in [3.05, 3.63) is 0 Å². The normalized spacial score (nSPS) is 31.4. The molecule has 2 aliphatic rings. The third-order valence-electron chi connectivity index (χ3n) is 2.96. The van der Waals surface area contributed by atoms with Gasteiger partial charge in [0.15, 0.2) is 0 Å². The SMILES string of the molecule is CC1(C2CCCC2)SCCS1. The molecule has 11 heavy (non-hydrogen) atoms. The van der Waals surface area contributed by atoms with Crippen molar-refractivity contribution in [2.24, 2.45) is 5.92 Å². The summed E-state index contributed by atoms with van der Waals surface area (Å²) in [6.07, 6.45) is 5.97. The van der Waals surface area contributed by atoms with Gasteiger partial charge in [0.05, 0.1) is 4.08 Å². The molecule has 0 amide bonds. The maximum atomic E-state index is 2.46. The van der Waals surface area contributed by atoms with Crippen LogP contribution in [0.3, 0.4) is 0 Å². The minimum Gasteiger partial charge on any atom is -0.143 e. The summed E-state index contributed by atoms with van der Waals surface area (Å²) in [4.78, 5) is 0. The summed E-state index contributed by atoms with van der Waals surface area (Å²) in [5.41, 5.74) is 0. The molecule has 0 bridgehead atoms. The summed E-state index contributed by atoms with van der Waals surface area (Å²) >= 11 is 4.41. The summed E-state index contributed by atoms with van der Waals surface area (Å²) in [5, 5.41) is 0. The van der Waals surface area contributed by atoms with Crippen LogP contribution in [0.15, 0.2) is 0 Å². The van der Waals surface area contributed by atoms with Crippen LogP contribution in [-0.4, -0.2) is 15.6 Å². The Morgan fingerprint density at radius 3 is 2.18 bits per heavy atom. The molecule has 0 nitrogen and oxygen atoms in total. The first-order valence-electron chi connectivity index (χ1n) is 4.59. The monoisotopic (exact) mass is 188 g/mol. The number of hydrogen-bond acceptors (Lipinski definition) is 2. The lowest BCUT2D eigenvalue weighted by atomic mass is 10.0. The predicted molar refractivity (Wildman–Crippen MR) is 55.3 cm³/mol. The van der Waals surface area contributed by atoms with Gasteiger partial charge in [-0.1, -0.05) is 12.8 Å². The molecule has 1 aliphatic heterocycles. The molecule has 0 aromatic rings. The van der Waals surface area contributed by atoms with Gasteiger partial charge in [0.25, 0.3) is 0 Å². The quantitative estimate of drug-likeness (QED) is 0.619. The molecule has 2 rings (SSSR count). The highest BCUT2D eigenvalue weighted by molar-refractivity contribution is 8.21. The van der Waals surface area contributed by atoms with Crippen LogP contribution in [0.2, 0.25) is 0 Å². The molecule has 64 valence electrons. The van der Waals surface area contributed by atoms with Gasteiger partial charge < -0.3 is 0 Å². The van der Waals surface area contributed by atoms with Gasteiger partial charge in [-0.05, 0) is 25.7 Å². The van der Waals surface area contributed by atoms with E-state index in [2.05, 4.69) is 30.4 Å². The van der Waals surface area contributed by atoms with Crippen LogP contribution < -0.4 is 0 Å². The van der Waals surface area contributed by atoms with E-state index in [1.165, 1.54) is 37.2 Å². The average Bonchev–Trinajstić information content (AvgIpc) is 2.55. The molecule has 1 heterocycles. The van der Waals surface area contributed by atoms with E-state index >= 15 is 0 Å². The third kappa shape index (κ3) is 1.57. The molecule has 0 aromatic carbocycles. The van der Waals surface area contributed by atoms with Crippen molar-refractivity contribution in [2.75, 3.05) is 11.5 Å². The van der Waals surface area contributed by atoms with Gasteiger partial charge in [-0.15, -0.1) is 23.5 Å². The maximum Gasteiger partial charge on any atom is 0.0611 e. The van der Waals surface area contributed by atoms with Gasteiger partial charge in [0, 0.05) is 11.5 Å². The van der Waals surface area contributed by atoms with Gasteiger partial charge in [-0.3, -0.25) is 0 Å². The van der Waals surface area contributed by atoms with Crippen LogP contribution in [0, 0.1) is 5.92 Å². The molecule has 0 aromatic heterocycles. The lowest BCUT2D eigenvalue weighted by Gasteiger charge is -2.28. The summed E-state index contributed by atoms with van der Waals surface area (Å²) in [6.45, 7) is 2.46. The highest BCUT2D eigenvalue weighted by Crippen LogP contribution is 2.53. The fourth-order valence-electron chi connectivity index (χ4n) is 2.22. The van der Waals surface area contributed by atoms with Crippen LogP contribution in [0.1, 0.15) is 32.6 Å². The summed E-state index contributed by atoms with van der Waals surface area (Å²) in [5.74, 6) is 3.80. The summed E-state index contributed by atoms with van der Waals surface area (Å²) < 4.78 is 0.608. The van der Waals surface area contributed by atoms with Gasteiger partial charge in [0.1, 0.15) is 0 Å². The molecular formula is C9H16S2. The zero-order chi connectivity index (χ0) is 7.73. The predicted octanol–water partition coefficient (Wildman–Crippen LogP) is 3.37. The van der Waals surface area contributed by atoms with Crippen molar-refractivity contribution in [3.63, 3.8) is 0 Å². The Balaban J connectivity index is 2.00. The molecule has 0 spiro atoms. The minimum absolute atomic E-state index is 0.608. The van der Waals surface area contributed by atoms with Crippen LogP contribution in [-0.2, 0) is 0 Å². The molecule has 2 fully saturated rings. The highest BCUT2D eigenvalue weighted by atomic mass is 32.2. The molecular weight excluding hydrogens is 172 g/mol. The molecule has 0 atom stereocenters. The van der Waals surface area contributed by atoms with Crippen LogP contribution >= 0.6 is 23.5 Å². The van der Waals surface area contributed by atoms with E-state index in [4.69, 9.17) is 0 Å². The van der Waals surface area contributed by atoms with E-state index in [-0.39, 0.29) is 0 Å². The lowest BCUT2D eigenvalue weighted by Crippen LogP contribution is -2.22. The van der Waals surface area contributed by atoms with Gasteiger partial charge in [0.2, 0.25) is 0 Å². The maximum absolute atomic E-state index is 2.46. The van der Waals surface area contributed by atoms with E-state index in [0.29, 0.717) is 4.08 Å². The average molecular weight is 188 g/mol. The Labute approximate surface area is 77.9 Å². The Morgan fingerprint density at radius 2 is 1.64 bits per heavy atom. The number of hydrogen-bond donors (Lipinski definition) is 0. The Morgan fingerprint density at radius 1 is 1.09 bits per heavy atom. The zero-order valence-corrected chi connectivity index (χ0v) is 8.77. The van der Waals surface area contributed by atoms with E-state index in [0.717, 1.165) is 5.92 Å². The van der Waals surface area contributed by atoms with Crippen molar-refractivity contribution < 1.29 is 0 Å². The van der Waals surface area contributed by atoms with Crippen molar-refractivity contribution >= 4 is 23.5 Å². The zero-order valence-electron chi connectivity index (χ0n) is 7.14. The van der Waals surface area contributed by atoms with Crippen LogP contribution in [0.5, 0.6) is 0 Å². The van der Waals surface area contributed by atoms with E-state index in [1.54, 1.807) is 0 Å². The molecule has 1 aliphatic carbocycles. The minimum atomic E-state index is 0.608. The Kier molecular flexibility index (Phi) is 2.43. The topological polar surface area (TPSA) is 0 Å². The van der Waals surface area contributed by atoms with Crippen LogP contribution in [0.25, 0.3) is 0 Å². The van der Waals surface area contributed by atoms with Crippen molar-refractivity contribution in [3.8, 4) is 0 Å². The second-order valence-corrected chi connectivity index (χ2v) is 7.04. The highest BCUT2D eigenvalue weighted by Gasteiger charge is 2.39. The number of rotatable bonds is 1. The Hall–Kier alpha value is 0.700. The first-order valence-corrected chi connectivity index (χ1v) is 6.56. The smallest absolute Gasteiger partial charge is 0.0611 e. The Bertz CT molecular complexity index is 132. The third-order valence-corrected chi connectivity index (χ3v) is 6.55. The van der Waals surface area contributed by atoms with Gasteiger partial charge >= 0.3 is 0 Å². The summed E-state index contributed by atoms with van der Waals surface area (Å²) in [6, 6.07) is 0. The first-order chi connectivity index (χ1) is 5.31. The second-order valence-electron chi connectivity index (χ2n) is 3.69. The number of thioether (sulfide) groups is 2. The van der Waals surface area contributed by atoms with Crippen molar-refractivity contribution in [1.29, 1.82) is 0 Å². The molecule has 0 N–H and O–H groups in total. The lowest BCUT2D eigenvalue weighted by molar-refractivity contribution is 0.517. The standard InChI is InChI=1S/C9H16S2/c1-9(10-6-7-11-9)8-4-2-3-5-8/h8H,2-7H2,1H3. The van der Waals surface area contributed by atoms with E-state index in [9.17, 15) is 0 Å². The van der Waals surface area contributed by atoms with E-state index < -0.39 is 0 Å². The van der Waals surface area contributed by atoms with Gasteiger partial charge in [-0.25, -0.2) is 0 Å². The van der Waals surface area contributed by atoms with Crippen molar-refractivity contribution in [2.45, 2.75) is 36.7 Å².